The van der Waals surface area contributed by atoms with Crippen molar-refractivity contribution >= 4 is 15.7 Å². The summed E-state index contributed by atoms with van der Waals surface area (Å²) >= 11 is 0. The third kappa shape index (κ3) is 3.82. The Bertz CT molecular complexity index is 858. The van der Waals surface area contributed by atoms with E-state index in [1.165, 1.54) is 18.3 Å². The van der Waals surface area contributed by atoms with E-state index in [0.717, 1.165) is 22.9 Å². The van der Waals surface area contributed by atoms with Crippen LogP contribution in [0.25, 0.3) is 0 Å². The maximum absolute atomic E-state index is 12.7. The van der Waals surface area contributed by atoms with Crippen molar-refractivity contribution in [1.82, 2.24) is 9.88 Å². The zero-order valence-electron chi connectivity index (χ0n) is 14.6. The number of aromatic nitrogens is 1. The Hall–Kier alpha value is -2.21. The normalized spacial score (nSPS) is 12.7. The molecule has 0 aliphatic carbocycles. The lowest BCUT2D eigenvalue weighted by Crippen LogP contribution is -2.30. The number of pyridine rings is 1. The summed E-state index contributed by atoms with van der Waals surface area (Å²) in [7, 11) is -1.64. The highest BCUT2D eigenvalue weighted by atomic mass is 32.2. The Morgan fingerprint density at radius 2 is 1.83 bits per heavy atom. The lowest BCUT2D eigenvalue weighted by Gasteiger charge is -2.27. The number of rotatable bonds is 4. The van der Waals surface area contributed by atoms with Crippen LogP contribution in [0.15, 0.2) is 41.6 Å². The van der Waals surface area contributed by atoms with Crippen molar-refractivity contribution in [2.24, 2.45) is 0 Å². The minimum Gasteiger partial charge on any atom is -0.335 e. The second kappa shape index (κ2) is 6.73. The van der Waals surface area contributed by atoms with Gasteiger partial charge in [0, 0.05) is 19.5 Å². The van der Waals surface area contributed by atoms with Gasteiger partial charge in [0.1, 0.15) is 0 Å². The highest BCUT2D eigenvalue weighted by Gasteiger charge is 2.21. The molecule has 5 nitrogen and oxygen atoms in total. The number of aryl methyl sites for hydroxylation is 2. The Morgan fingerprint density at radius 3 is 2.38 bits per heavy atom. The summed E-state index contributed by atoms with van der Waals surface area (Å²) in [6.07, 6.45) is 2.40. The van der Waals surface area contributed by atoms with Gasteiger partial charge in [-0.2, -0.15) is 0 Å². The molecule has 1 heterocycles. The molecule has 0 radical (unpaired) electrons. The second-order valence-electron chi connectivity index (χ2n) is 6.11. The zero-order valence-corrected chi connectivity index (χ0v) is 15.4. The maximum Gasteiger partial charge on any atom is 0.255 e. The van der Waals surface area contributed by atoms with Gasteiger partial charge in [0.05, 0.1) is 11.6 Å². The summed E-state index contributed by atoms with van der Waals surface area (Å²) in [4.78, 5) is 18.2. The number of benzene rings is 1. The smallest absolute Gasteiger partial charge is 0.255 e. The summed E-state index contributed by atoms with van der Waals surface area (Å²) in [5, 5.41) is -0.0377. The van der Waals surface area contributed by atoms with Gasteiger partial charge in [-0.25, -0.2) is 13.4 Å². The van der Waals surface area contributed by atoms with E-state index >= 15 is 0 Å². The van der Waals surface area contributed by atoms with Gasteiger partial charge >= 0.3 is 0 Å². The van der Waals surface area contributed by atoms with E-state index in [4.69, 9.17) is 0 Å². The molecule has 1 atom stereocenters. The van der Waals surface area contributed by atoms with Gasteiger partial charge in [0.25, 0.3) is 5.91 Å². The molecule has 1 amide bonds. The van der Waals surface area contributed by atoms with E-state index in [9.17, 15) is 13.2 Å². The molecule has 0 aliphatic rings. The van der Waals surface area contributed by atoms with E-state index < -0.39 is 9.84 Å². The highest BCUT2D eigenvalue weighted by Crippen LogP contribution is 2.25. The number of hydrogen-bond donors (Lipinski definition) is 0. The van der Waals surface area contributed by atoms with Crippen LogP contribution < -0.4 is 0 Å². The molecule has 2 aromatic rings. The molecule has 0 aliphatic heterocycles. The van der Waals surface area contributed by atoms with Crippen molar-refractivity contribution in [2.45, 2.75) is 31.8 Å². The van der Waals surface area contributed by atoms with Crippen LogP contribution in [0.2, 0.25) is 0 Å². The van der Waals surface area contributed by atoms with Crippen LogP contribution in [0.1, 0.15) is 40.0 Å². The lowest BCUT2D eigenvalue weighted by atomic mass is 9.99. The van der Waals surface area contributed by atoms with Crippen LogP contribution >= 0.6 is 0 Å². The molecule has 0 N–H and O–H groups in total. The average molecular weight is 346 g/mol. The molecule has 24 heavy (non-hydrogen) atoms. The summed E-state index contributed by atoms with van der Waals surface area (Å²) in [6, 6.07) is 8.92. The van der Waals surface area contributed by atoms with E-state index in [1.807, 2.05) is 32.9 Å². The predicted molar refractivity (Wildman–Crippen MR) is 93.8 cm³/mol. The van der Waals surface area contributed by atoms with Gasteiger partial charge in [0.15, 0.2) is 14.9 Å². The molecular weight excluding hydrogens is 324 g/mol. The quantitative estimate of drug-likeness (QED) is 0.854. The van der Waals surface area contributed by atoms with Crippen LogP contribution in [-0.2, 0) is 9.84 Å². The van der Waals surface area contributed by atoms with E-state index in [2.05, 4.69) is 11.1 Å². The minimum atomic E-state index is -3.37. The predicted octanol–water partition coefficient (Wildman–Crippen LogP) is 2.94. The topological polar surface area (TPSA) is 67.3 Å². The fraction of sp³-hybridized carbons (Fsp3) is 0.333. The largest absolute Gasteiger partial charge is 0.335 e. The number of amides is 1. The van der Waals surface area contributed by atoms with Crippen LogP contribution in [0.3, 0.4) is 0 Å². The van der Waals surface area contributed by atoms with Crippen molar-refractivity contribution in [3.8, 4) is 0 Å². The van der Waals surface area contributed by atoms with E-state index in [0.29, 0.717) is 5.56 Å². The Balaban J connectivity index is 2.27. The number of sulfone groups is 1. The molecule has 0 spiro atoms. The fourth-order valence-electron chi connectivity index (χ4n) is 2.52. The third-order valence-corrected chi connectivity index (χ3v) is 5.15. The van der Waals surface area contributed by atoms with Crippen molar-refractivity contribution in [3.63, 3.8) is 0 Å². The number of nitrogens with zero attached hydrogens (tertiary/aromatic N) is 2. The van der Waals surface area contributed by atoms with Crippen LogP contribution in [0, 0.1) is 13.8 Å². The molecule has 1 aromatic carbocycles. The highest BCUT2D eigenvalue weighted by molar-refractivity contribution is 7.90. The van der Waals surface area contributed by atoms with Crippen molar-refractivity contribution in [1.29, 1.82) is 0 Å². The maximum atomic E-state index is 12.7. The van der Waals surface area contributed by atoms with E-state index in [-0.39, 0.29) is 17.0 Å². The van der Waals surface area contributed by atoms with Crippen LogP contribution in [-0.4, -0.2) is 37.5 Å². The molecule has 2 rings (SSSR count). The van der Waals surface area contributed by atoms with Gasteiger partial charge in [0.2, 0.25) is 0 Å². The summed E-state index contributed by atoms with van der Waals surface area (Å²) in [5.74, 6) is -0.198. The SMILES string of the molecule is Cc1ccc(C)c(C(C)N(C)C(=O)c2ccc(S(C)(=O)=O)nc2)c1. The van der Waals surface area contributed by atoms with Crippen molar-refractivity contribution < 1.29 is 13.2 Å². The molecule has 1 unspecified atom stereocenters. The number of hydrogen-bond acceptors (Lipinski definition) is 4. The van der Waals surface area contributed by atoms with Gasteiger partial charge < -0.3 is 4.90 Å². The van der Waals surface area contributed by atoms with Crippen LogP contribution in [0.4, 0.5) is 0 Å². The molecule has 1 aromatic heterocycles. The van der Waals surface area contributed by atoms with Crippen LogP contribution in [0.5, 0.6) is 0 Å². The summed E-state index contributed by atoms with van der Waals surface area (Å²) < 4.78 is 22.9. The zero-order chi connectivity index (χ0) is 18.1. The molecule has 0 saturated heterocycles. The number of carbonyl (C=O) groups is 1. The Labute approximate surface area is 143 Å². The average Bonchev–Trinajstić information content (AvgIpc) is 2.54. The van der Waals surface area contributed by atoms with Gasteiger partial charge in [-0.3, -0.25) is 4.79 Å². The van der Waals surface area contributed by atoms with Gasteiger partial charge in [-0.05, 0) is 44.0 Å². The fourth-order valence-corrected chi connectivity index (χ4v) is 3.08. The third-order valence-electron chi connectivity index (χ3n) is 4.15. The molecule has 6 heteroatoms. The van der Waals surface area contributed by atoms with E-state index in [1.54, 1.807) is 11.9 Å². The number of carbonyl (C=O) groups excluding carboxylic acids is 1. The lowest BCUT2D eigenvalue weighted by molar-refractivity contribution is 0.0741. The van der Waals surface area contributed by atoms with Gasteiger partial charge in [-0.15, -0.1) is 0 Å². The molecule has 128 valence electrons. The first-order chi connectivity index (χ1) is 11.1. The first kappa shape index (κ1) is 18.1. The molecule has 0 bridgehead atoms. The summed E-state index contributed by atoms with van der Waals surface area (Å²) in [6.45, 7) is 6.01. The Kier molecular flexibility index (Phi) is 5.08. The monoisotopic (exact) mass is 346 g/mol. The Morgan fingerprint density at radius 1 is 1.17 bits per heavy atom. The molecule has 0 saturated carbocycles. The van der Waals surface area contributed by atoms with Gasteiger partial charge in [-0.1, -0.05) is 23.8 Å². The first-order valence-electron chi connectivity index (χ1n) is 7.61. The standard InChI is InChI=1S/C18H22N2O3S/c1-12-6-7-13(2)16(10-12)14(3)20(4)18(21)15-8-9-17(19-11-15)24(5,22)23/h6-11,14H,1-5H3. The first-order valence-corrected chi connectivity index (χ1v) is 9.51. The van der Waals surface area contributed by atoms with Crippen molar-refractivity contribution in [3.05, 3.63) is 58.8 Å². The molecular formula is C18H22N2O3S. The molecule has 0 fully saturated rings. The minimum absolute atomic E-state index is 0.0377. The van der Waals surface area contributed by atoms with Crippen molar-refractivity contribution in [2.75, 3.05) is 13.3 Å². The second-order valence-corrected chi connectivity index (χ2v) is 8.07. The summed E-state index contributed by atoms with van der Waals surface area (Å²) in [5.41, 5.74) is 3.72.